The zero-order chi connectivity index (χ0) is 18.2. The molecule has 0 spiro atoms. The van der Waals surface area contributed by atoms with Crippen LogP contribution in [0.3, 0.4) is 0 Å². The lowest BCUT2D eigenvalue weighted by Gasteiger charge is -2.10. The average Bonchev–Trinajstić information content (AvgIpc) is 2.97. The Bertz CT molecular complexity index is 1140. The number of anilines is 1. The zero-order valence-electron chi connectivity index (χ0n) is 12.9. The smallest absolute Gasteiger partial charge is 0.261 e. The van der Waals surface area contributed by atoms with E-state index in [1.165, 1.54) is 31.3 Å². The quantitative estimate of drug-likeness (QED) is 0.612. The SMILES string of the molecule is CNS(=O)(=O)c1ccc(S(=O)(=O)Nc2cccc3c(Cl)c[nH]c23)cc1. The molecule has 0 atom stereocenters. The Labute approximate surface area is 150 Å². The van der Waals surface area contributed by atoms with Gasteiger partial charge in [-0.1, -0.05) is 23.7 Å². The van der Waals surface area contributed by atoms with Crippen LogP contribution in [0.5, 0.6) is 0 Å². The van der Waals surface area contributed by atoms with E-state index in [-0.39, 0.29) is 9.79 Å². The van der Waals surface area contributed by atoms with Crippen LogP contribution in [-0.2, 0) is 20.0 Å². The molecule has 0 saturated heterocycles. The Morgan fingerprint density at radius 2 is 1.52 bits per heavy atom. The maximum absolute atomic E-state index is 12.6. The van der Waals surface area contributed by atoms with Crippen molar-refractivity contribution in [1.29, 1.82) is 0 Å². The number of rotatable bonds is 5. The van der Waals surface area contributed by atoms with E-state index in [2.05, 4.69) is 14.4 Å². The number of hydrogen-bond acceptors (Lipinski definition) is 4. The highest BCUT2D eigenvalue weighted by Gasteiger charge is 2.18. The summed E-state index contributed by atoms with van der Waals surface area (Å²) in [6, 6.07) is 9.97. The minimum absolute atomic E-state index is 0.0211. The van der Waals surface area contributed by atoms with Crippen LogP contribution in [0.2, 0.25) is 5.02 Å². The molecule has 132 valence electrons. The van der Waals surface area contributed by atoms with Crippen molar-refractivity contribution < 1.29 is 16.8 Å². The molecular weight excluding hydrogens is 386 g/mol. The van der Waals surface area contributed by atoms with Crippen molar-refractivity contribution >= 4 is 48.2 Å². The number of benzene rings is 2. The highest BCUT2D eigenvalue weighted by molar-refractivity contribution is 7.92. The number of aromatic amines is 1. The van der Waals surface area contributed by atoms with Crippen LogP contribution in [-0.4, -0.2) is 28.9 Å². The second-order valence-electron chi connectivity index (χ2n) is 5.15. The third-order valence-electron chi connectivity index (χ3n) is 3.62. The Morgan fingerprint density at radius 1 is 0.920 bits per heavy atom. The first-order chi connectivity index (χ1) is 11.7. The number of H-pyrrole nitrogens is 1. The van der Waals surface area contributed by atoms with Crippen molar-refractivity contribution in [2.45, 2.75) is 9.79 Å². The monoisotopic (exact) mass is 399 g/mol. The molecule has 10 heteroatoms. The van der Waals surface area contributed by atoms with Crippen LogP contribution in [0.25, 0.3) is 10.9 Å². The first-order valence-corrected chi connectivity index (χ1v) is 10.4. The van der Waals surface area contributed by atoms with Crippen molar-refractivity contribution in [3.05, 3.63) is 53.7 Å². The van der Waals surface area contributed by atoms with E-state index in [4.69, 9.17) is 11.6 Å². The molecule has 25 heavy (non-hydrogen) atoms. The van der Waals surface area contributed by atoms with Crippen molar-refractivity contribution in [2.75, 3.05) is 11.8 Å². The normalized spacial score (nSPS) is 12.4. The number of hydrogen-bond donors (Lipinski definition) is 3. The summed E-state index contributed by atoms with van der Waals surface area (Å²) in [6.45, 7) is 0. The third kappa shape index (κ3) is 3.36. The fraction of sp³-hybridized carbons (Fsp3) is 0.0667. The first kappa shape index (κ1) is 17.7. The molecule has 0 saturated carbocycles. The average molecular weight is 400 g/mol. The summed E-state index contributed by atoms with van der Waals surface area (Å²) < 4.78 is 53.2. The van der Waals surface area contributed by atoms with E-state index >= 15 is 0 Å². The van der Waals surface area contributed by atoms with Crippen molar-refractivity contribution in [2.24, 2.45) is 0 Å². The van der Waals surface area contributed by atoms with Gasteiger partial charge >= 0.3 is 0 Å². The molecule has 0 bridgehead atoms. The molecule has 3 rings (SSSR count). The van der Waals surface area contributed by atoms with Gasteiger partial charge in [0.15, 0.2) is 0 Å². The summed E-state index contributed by atoms with van der Waals surface area (Å²) in [5.41, 5.74) is 0.904. The molecule has 0 fully saturated rings. The second-order valence-corrected chi connectivity index (χ2v) is 9.13. The highest BCUT2D eigenvalue weighted by atomic mass is 35.5. The number of sulfonamides is 2. The third-order valence-corrected chi connectivity index (χ3v) is 6.75. The van der Waals surface area contributed by atoms with Crippen LogP contribution in [0, 0.1) is 0 Å². The van der Waals surface area contributed by atoms with Crippen molar-refractivity contribution in [1.82, 2.24) is 9.71 Å². The van der Waals surface area contributed by atoms with Crippen LogP contribution < -0.4 is 9.44 Å². The summed E-state index contributed by atoms with van der Waals surface area (Å²) >= 11 is 6.04. The minimum atomic E-state index is -3.89. The first-order valence-electron chi connectivity index (χ1n) is 7.06. The van der Waals surface area contributed by atoms with Gasteiger partial charge in [0.25, 0.3) is 10.0 Å². The highest BCUT2D eigenvalue weighted by Crippen LogP contribution is 2.29. The molecule has 3 aromatic rings. The Balaban J connectivity index is 1.97. The van der Waals surface area contributed by atoms with Gasteiger partial charge in [-0.25, -0.2) is 21.6 Å². The minimum Gasteiger partial charge on any atom is -0.358 e. The molecule has 7 nitrogen and oxygen atoms in total. The largest absolute Gasteiger partial charge is 0.358 e. The van der Waals surface area contributed by atoms with Gasteiger partial charge in [-0.3, -0.25) is 4.72 Å². The summed E-state index contributed by atoms with van der Waals surface area (Å²) in [5.74, 6) is 0. The van der Waals surface area contributed by atoms with Gasteiger partial charge in [-0.2, -0.15) is 0 Å². The van der Waals surface area contributed by atoms with Crippen LogP contribution in [0.1, 0.15) is 0 Å². The molecule has 3 N–H and O–H groups in total. The molecule has 1 aromatic heterocycles. The number of aromatic nitrogens is 1. The van der Waals surface area contributed by atoms with Gasteiger partial charge in [0, 0.05) is 11.6 Å². The van der Waals surface area contributed by atoms with E-state index in [9.17, 15) is 16.8 Å². The van der Waals surface area contributed by atoms with E-state index in [1.807, 2.05) is 0 Å². The molecule has 1 heterocycles. The molecular formula is C15H14ClN3O4S2. The maximum Gasteiger partial charge on any atom is 0.261 e. The summed E-state index contributed by atoms with van der Waals surface area (Å²) in [7, 11) is -6.24. The molecule has 0 aliphatic carbocycles. The predicted octanol–water partition coefficient (Wildman–Crippen LogP) is 2.53. The van der Waals surface area contributed by atoms with E-state index in [1.54, 1.807) is 24.4 Å². The van der Waals surface area contributed by atoms with Gasteiger partial charge in [-0.05, 0) is 37.4 Å². The van der Waals surface area contributed by atoms with Crippen molar-refractivity contribution in [3.63, 3.8) is 0 Å². The maximum atomic E-state index is 12.6. The Morgan fingerprint density at radius 3 is 2.12 bits per heavy atom. The summed E-state index contributed by atoms with van der Waals surface area (Å²) in [4.78, 5) is 2.84. The number of halogens is 1. The van der Waals surface area contributed by atoms with Gasteiger partial charge in [0.05, 0.1) is 26.0 Å². The van der Waals surface area contributed by atoms with Crippen molar-refractivity contribution in [3.8, 4) is 0 Å². The van der Waals surface area contributed by atoms with Crippen LogP contribution >= 0.6 is 11.6 Å². The summed E-state index contributed by atoms with van der Waals surface area (Å²) in [6.07, 6.45) is 1.57. The zero-order valence-corrected chi connectivity index (χ0v) is 15.3. The molecule has 2 aromatic carbocycles. The molecule has 0 radical (unpaired) electrons. The van der Waals surface area contributed by atoms with Crippen LogP contribution in [0.4, 0.5) is 5.69 Å². The summed E-state index contributed by atoms with van der Waals surface area (Å²) in [5, 5.41) is 1.18. The van der Waals surface area contributed by atoms with E-state index in [0.29, 0.717) is 21.6 Å². The van der Waals surface area contributed by atoms with Crippen LogP contribution in [0.15, 0.2) is 58.5 Å². The van der Waals surface area contributed by atoms with Gasteiger partial charge < -0.3 is 4.98 Å². The fourth-order valence-electron chi connectivity index (χ4n) is 2.32. The lowest BCUT2D eigenvalue weighted by atomic mass is 10.2. The Kier molecular flexibility index (Phi) is 4.50. The lowest BCUT2D eigenvalue weighted by molar-refractivity contribution is 0.587. The second kappa shape index (κ2) is 6.34. The van der Waals surface area contributed by atoms with Gasteiger partial charge in [0.1, 0.15) is 0 Å². The Hall–Kier alpha value is -2.07. The molecule has 0 amide bonds. The fourth-order valence-corrected chi connectivity index (χ4v) is 4.34. The molecule has 0 unspecified atom stereocenters. The topological polar surface area (TPSA) is 108 Å². The number of para-hydroxylation sites is 1. The van der Waals surface area contributed by atoms with E-state index in [0.717, 1.165) is 0 Å². The van der Waals surface area contributed by atoms with Gasteiger partial charge in [-0.15, -0.1) is 0 Å². The van der Waals surface area contributed by atoms with Gasteiger partial charge in [0.2, 0.25) is 10.0 Å². The standard InChI is InChI=1S/C15H14ClN3O4S2/c1-17-24(20,21)10-5-7-11(8-6-10)25(22,23)19-14-4-2-3-12-13(16)9-18-15(12)14/h2-9,17-19H,1H3. The lowest BCUT2D eigenvalue weighted by Crippen LogP contribution is -2.19. The number of fused-ring (bicyclic) bond motifs is 1. The predicted molar refractivity (Wildman–Crippen MR) is 96.8 cm³/mol. The number of nitrogens with one attached hydrogen (secondary N) is 3. The molecule has 0 aliphatic heterocycles. The van der Waals surface area contributed by atoms with E-state index < -0.39 is 20.0 Å². The molecule has 0 aliphatic rings.